The largest absolute Gasteiger partial charge is 0.487 e. The monoisotopic (exact) mass is 344 g/mol. The average molecular weight is 344 g/mol. The molecule has 2 fully saturated rings. The molecule has 0 spiro atoms. The summed E-state index contributed by atoms with van der Waals surface area (Å²) < 4.78 is 12.9. The van der Waals surface area contributed by atoms with Crippen LogP contribution < -0.4 is 10.5 Å². The minimum absolute atomic E-state index is 0.0464. The third-order valence-electron chi connectivity index (χ3n) is 6.10. The molecule has 136 valence electrons. The van der Waals surface area contributed by atoms with E-state index in [9.17, 15) is 4.79 Å². The molecule has 0 saturated carbocycles. The van der Waals surface area contributed by atoms with E-state index in [0.717, 1.165) is 31.7 Å². The van der Waals surface area contributed by atoms with Gasteiger partial charge in [-0.1, -0.05) is 18.2 Å². The zero-order chi connectivity index (χ0) is 17.8. The Hall–Kier alpha value is -1.59. The third kappa shape index (κ3) is 2.83. The second kappa shape index (κ2) is 5.99. The number of hydrogen-bond acceptors (Lipinski definition) is 4. The van der Waals surface area contributed by atoms with E-state index in [1.165, 1.54) is 5.56 Å². The highest BCUT2D eigenvalue weighted by Crippen LogP contribution is 2.52. The lowest BCUT2D eigenvalue weighted by molar-refractivity contribution is -0.188. The summed E-state index contributed by atoms with van der Waals surface area (Å²) in [5.74, 6) is 1.63. The van der Waals surface area contributed by atoms with Gasteiger partial charge in [0.05, 0.1) is 18.2 Å². The van der Waals surface area contributed by atoms with Gasteiger partial charge in [0.25, 0.3) is 0 Å². The minimum Gasteiger partial charge on any atom is -0.487 e. The van der Waals surface area contributed by atoms with Crippen LogP contribution in [0, 0.1) is 11.8 Å². The molecule has 4 rings (SSSR count). The molecule has 25 heavy (non-hydrogen) atoms. The number of hydrogen-bond donors (Lipinski definition) is 1. The number of fused-ring (bicyclic) bond motifs is 4. The topological polar surface area (TPSA) is 64.8 Å². The van der Waals surface area contributed by atoms with Gasteiger partial charge < -0.3 is 20.1 Å². The van der Waals surface area contributed by atoms with Gasteiger partial charge in [-0.2, -0.15) is 0 Å². The van der Waals surface area contributed by atoms with Crippen LogP contribution in [0.25, 0.3) is 0 Å². The Labute approximate surface area is 149 Å². The highest BCUT2D eigenvalue weighted by atomic mass is 16.5. The zero-order valence-corrected chi connectivity index (χ0v) is 15.3. The summed E-state index contributed by atoms with van der Waals surface area (Å²) in [6, 6.07) is 7.79. The summed E-state index contributed by atoms with van der Waals surface area (Å²) >= 11 is 0. The first-order valence-corrected chi connectivity index (χ1v) is 9.34. The average Bonchev–Trinajstić information content (AvgIpc) is 2.59. The molecule has 2 saturated heterocycles. The number of rotatable bonds is 1. The Morgan fingerprint density at radius 1 is 1.36 bits per heavy atom. The lowest BCUT2D eigenvalue weighted by Crippen LogP contribution is -2.57. The van der Waals surface area contributed by atoms with Gasteiger partial charge in [0.2, 0.25) is 5.91 Å². The Morgan fingerprint density at radius 3 is 2.88 bits per heavy atom. The Bertz CT molecular complexity index is 673. The number of amides is 1. The lowest BCUT2D eigenvalue weighted by atomic mass is 9.70. The van der Waals surface area contributed by atoms with Gasteiger partial charge in [-0.15, -0.1) is 0 Å². The molecule has 5 nitrogen and oxygen atoms in total. The summed E-state index contributed by atoms with van der Waals surface area (Å²) in [6.45, 7) is 7.54. The number of ether oxygens (including phenoxy) is 2. The van der Waals surface area contributed by atoms with Crippen LogP contribution in [0.2, 0.25) is 0 Å². The number of piperidine rings is 1. The predicted octanol–water partition coefficient (Wildman–Crippen LogP) is 2.50. The molecule has 0 unspecified atom stereocenters. The number of carbonyl (C=O) groups is 1. The number of para-hydroxylation sites is 1. The molecular weight excluding hydrogens is 316 g/mol. The summed E-state index contributed by atoms with van der Waals surface area (Å²) in [7, 11) is 0. The van der Waals surface area contributed by atoms with Crippen molar-refractivity contribution in [3.05, 3.63) is 29.8 Å². The molecule has 1 aromatic carbocycles. The van der Waals surface area contributed by atoms with Gasteiger partial charge in [-0.05, 0) is 39.7 Å². The van der Waals surface area contributed by atoms with Crippen LogP contribution in [-0.2, 0) is 9.53 Å². The van der Waals surface area contributed by atoms with Gasteiger partial charge in [-0.25, -0.2) is 0 Å². The van der Waals surface area contributed by atoms with E-state index in [-0.39, 0.29) is 29.6 Å². The van der Waals surface area contributed by atoms with Crippen molar-refractivity contribution in [2.75, 3.05) is 13.1 Å². The smallest absolute Gasteiger partial charge is 0.239 e. The van der Waals surface area contributed by atoms with Gasteiger partial charge in [0, 0.05) is 30.5 Å². The highest BCUT2D eigenvalue weighted by molar-refractivity contribution is 5.81. The molecular formula is C20H28N2O3. The number of benzene rings is 1. The molecule has 5 heteroatoms. The van der Waals surface area contributed by atoms with Crippen molar-refractivity contribution in [2.45, 2.75) is 57.5 Å². The van der Waals surface area contributed by atoms with Gasteiger partial charge >= 0.3 is 0 Å². The maximum atomic E-state index is 12.3. The number of likely N-dealkylation sites (tertiary alicyclic amines) is 1. The van der Waals surface area contributed by atoms with Crippen molar-refractivity contribution in [2.24, 2.45) is 17.6 Å². The molecule has 3 heterocycles. The van der Waals surface area contributed by atoms with Crippen LogP contribution in [0.4, 0.5) is 0 Å². The third-order valence-corrected chi connectivity index (χ3v) is 6.10. The van der Waals surface area contributed by atoms with Crippen molar-refractivity contribution in [1.29, 1.82) is 0 Å². The molecule has 1 amide bonds. The highest BCUT2D eigenvalue weighted by Gasteiger charge is 2.51. The number of nitrogens with two attached hydrogens (primary N) is 1. The fourth-order valence-corrected chi connectivity index (χ4v) is 4.74. The quantitative estimate of drug-likeness (QED) is 0.850. The van der Waals surface area contributed by atoms with E-state index >= 15 is 0 Å². The van der Waals surface area contributed by atoms with E-state index in [0.29, 0.717) is 5.92 Å². The molecule has 0 aromatic heterocycles. The predicted molar refractivity (Wildman–Crippen MR) is 95.2 cm³/mol. The summed E-state index contributed by atoms with van der Waals surface area (Å²) in [6.07, 6.45) is 2.19. The van der Waals surface area contributed by atoms with Crippen LogP contribution in [-0.4, -0.2) is 41.6 Å². The van der Waals surface area contributed by atoms with Crippen LogP contribution in [0.15, 0.2) is 24.3 Å². The first kappa shape index (κ1) is 16.9. The molecule has 3 aliphatic heterocycles. The second-order valence-corrected chi connectivity index (χ2v) is 8.30. The van der Waals surface area contributed by atoms with E-state index in [2.05, 4.69) is 26.0 Å². The zero-order valence-electron chi connectivity index (χ0n) is 15.3. The Morgan fingerprint density at radius 2 is 2.12 bits per heavy atom. The fourth-order valence-electron chi connectivity index (χ4n) is 4.74. The number of nitrogens with zero attached hydrogens (tertiary/aromatic N) is 1. The van der Waals surface area contributed by atoms with Crippen molar-refractivity contribution in [3.8, 4) is 5.75 Å². The van der Waals surface area contributed by atoms with E-state index in [4.69, 9.17) is 15.2 Å². The van der Waals surface area contributed by atoms with E-state index < -0.39 is 6.04 Å². The normalized spacial score (nSPS) is 34.2. The lowest BCUT2D eigenvalue weighted by Gasteiger charge is -2.53. The van der Waals surface area contributed by atoms with Crippen molar-refractivity contribution < 1.29 is 14.3 Å². The minimum atomic E-state index is -0.435. The standard InChI is InChI=1S/C20H28N2O3/c1-12(21)19(23)22-9-8-16-13(11-22)10-15-18(24-16)14-6-4-5-7-17(14)25-20(15,2)3/h4-7,12-13,15-16,18H,8-11,21H2,1-3H3/t12-,13+,15-,16-,18+/m0/s1. The van der Waals surface area contributed by atoms with Gasteiger partial charge in [-0.3, -0.25) is 4.79 Å². The molecule has 0 aliphatic carbocycles. The fraction of sp³-hybridized carbons (Fsp3) is 0.650. The van der Waals surface area contributed by atoms with Gasteiger partial charge in [0.1, 0.15) is 11.4 Å². The Balaban J connectivity index is 1.58. The maximum Gasteiger partial charge on any atom is 0.239 e. The SMILES string of the molecule is C[C@H](N)C(=O)N1CC[C@@H]2O[C@@H]3c4ccccc4OC(C)(C)[C@H]3C[C@@H]2C1. The Kier molecular flexibility index (Phi) is 4.04. The summed E-state index contributed by atoms with van der Waals surface area (Å²) in [4.78, 5) is 14.2. The molecule has 1 aromatic rings. The van der Waals surface area contributed by atoms with Crippen LogP contribution in [0.1, 0.15) is 45.3 Å². The van der Waals surface area contributed by atoms with Crippen molar-refractivity contribution in [1.82, 2.24) is 4.90 Å². The molecule has 0 bridgehead atoms. The number of carbonyl (C=O) groups excluding carboxylic acids is 1. The van der Waals surface area contributed by atoms with E-state index in [1.54, 1.807) is 6.92 Å². The maximum absolute atomic E-state index is 12.3. The van der Waals surface area contributed by atoms with Crippen LogP contribution >= 0.6 is 0 Å². The first-order chi connectivity index (χ1) is 11.9. The molecule has 2 N–H and O–H groups in total. The van der Waals surface area contributed by atoms with E-state index in [1.807, 2.05) is 17.0 Å². The van der Waals surface area contributed by atoms with Crippen LogP contribution in [0.5, 0.6) is 5.75 Å². The summed E-state index contributed by atoms with van der Waals surface area (Å²) in [5, 5.41) is 0. The van der Waals surface area contributed by atoms with Crippen LogP contribution in [0.3, 0.4) is 0 Å². The second-order valence-electron chi connectivity index (χ2n) is 8.30. The van der Waals surface area contributed by atoms with Gasteiger partial charge in [0.15, 0.2) is 0 Å². The first-order valence-electron chi connectivity index (χ1n) is 9.34. The van der Waals surface area contributed by atoms with Crippen molar-refractivity contribution in [3.63, 3.8) is 0 Å². The van der Waals surface area contributed by atoms with Crippen molar-refractivity contribution >= 4 is 5.91 Å². The summed E-state index contributed by atoms with van der Waals surface area (Å²) in [5.41, 5.74) is 6.68. The molecule has 3 aliphatic rings. The molecule has 5 atom stereocenters. The molecule has 0 radical (unpaired) electrons.